The van der Waals surface area contributed by atoms with Crippen molar-refractivity contribution < 1.29 is 4.79 Å². The lowest BCUT2D eigenvalue weighted by Crippen LogP contribution is -2.49. The van der Waals surface area contributed by atoms with Crippen molar-refractivity contribution in [2.24, 2.45) is 0 Å². The van der Waals surface area contributed by atoms with Gasteiger partial charge in [0.2, 0.25) is 5.91 Å². The molecule has 3 rings (SSSR count). The van der Waals surface area contributed by atoms with Gasteiger partial charge in [-0.2, -0.15) is 0 Å². The summed E-state index contributed by atoms with van der Waals surface area (Å²) in [6.07, 6.45) is 5.26. The third-order valence-corrected chi connectivity index (χ3v) is 5.13. The molecule has 2 aliphatic rings. The molecule has 2 aliphatic heterocycles. The Kier molecular flexibility index (Phi) is 4.13. The smallest absolute Gasteiger partial charge is 0.226 e. The summed E-state index contributed by atoms with van der Waals surface area (Å²) >= 11 is 3.46. The molecule has 4 heteroatoms. The topological polar surface area (TPSA) is 32.3 Å². The fourth-order valence-corrected chi connectivity index (χ4v) is 3.94. The van der Waals surface area contributed by atoms with Crippen molar-refractivity contribution in [2.45, 2.75) is 50.2 Å². The molecule has 3 nitrogen and oxygen atoms in total. The van der Waals surface area contributed by atoms with E-state index in [1.165, 1.54) is 12.8 Å². The van der Waals surface area contributed by atoms with Gasteiger partial charge in [0.15, 0.2) is 0 Å². The average molecular weight is 337 g/mol. The molecule has 0 radical (unpaired) electrons. The lowest BCUT2D eigenvalue weighted by molar-refractivity contribution is -0.131. The number of hydrogen-bond acceptors (Lipinski definition) is 2. The van der Waals surface area contributed by atoms with E-state index in [0.717, 1.165) is 22.9 Å². The summed E-state index contributed by atoms with van der Waals surface area (Å²) < 4.78 is 1.03. The quantitative estimate of drug-likeness (QED) is 0.920. The molecule has 2 saturated heterocycles. The molecule has 2 bridgehead atoms. The summed E-state index contributed by atoms with van der Waals surface area (Å²) in [7, 11) is 1.97. The van der Waals surface area contributed by atoms with Gasteiger partial charge in [-0.05, 0) is 43.4 Å². The molecule has 1 aromatic rings. The summed E-state index contributed by atoms with van der Waals surface area (Å²) in [6, 6.07) is 9.67. The second kappa shape index (κ2) is 5.86. The molecule has 0 aliphatic carbocycles. The van der Waals surface area contributed by atoms with E-state index in [1.807, 2.05) is 36.2 Å². The molecule has 2 fully saturated rings. The van der Waals surface area contributed by atoms with E-state index in [9.17, 15) is 4.79 Å². The van der Waals surface area contributed by atoms with Gasteiger partial charge in [0, 0.05) is 29.6 Å². The van der Waals surface area contributed by atoms with E-state index in [1.54, 1.807) is 0 Å². The fourth-order valence-electron chi connectivity index (χ4n) is 3.49. The van der Waals surface area contributed by atoms with Crippen LogP contribution in [-0.2, 0) is 11.2 Å². The molecular formula is C16H21BrN2O. The first-order chi connectivity index (χ1) is 9.61. The van der Waals surface area contributed by atoms with E-state index >= 15 is 0 Å². The molecule has 0 spiro atoms. The molecule has 0 aromatic heterocycles. The molecular weight excluding hydrogens is 316 g/mol. The molecule has 1 N–H and O–H groups in total. The van der Waals surface area contributed by atoms with Crippen LogP contribution in [-0.4, -0.2) is 36.0 Å². The Morgan fingerprint density at radius 2 is 2.05 bits per heavy atom. The van der Waals surface area contributed by atoms with E-state index in [4.69, 9.17) is 0 Å². The minimum atomic E-state index is 0.231. The van der Waals surface area contributed by atoms with Crippen molar-refractivity contribution in [3.8, 4) is 0 Å². The van der Waals surface area contributed by atoms with Gasteiger partial charge in [0.25, 0.3) is 0 Å². The lowest BCUT2D eigenvalue weighted by Gasteiger charge is -2.35. The molecule has 1 unspecified atom stereocenters. The highest BCUT2D eigenvalue weighted by atomic mass is 79.9. The Bertz CT molecular complexity index is 493. The first-order valence-electron chi connectivity index (χ1n) is 7.38. The number of nitrogens with one attached hydrogen (secondary N) is 1. The third kappa shape index (κ3) is 3.07. The zero-order valence-corrected chi connectivity index (χ0v) is 13.4. The first kappa shape index (κ1) is 14.1. The number of nitrogens with zero attached hydrogens (tertiary/aromatic N) is 1. The summed E-state index contributed by atoms with van der Waals surface area (Å²) in [4.78, 5) is 14.4. The largest absolute Gasteiger partial charge is 0.342 e. The maximum absolute atomic E-state index is 12.4. The zero-order chi connectivity index (χ0) is 14.1. The van der Waals surface area contributed by atoms with Crippen LogP contribution in [0.3, 0.4) is 0 Å². The molecule has 3 atom stereocenters. The number of benzene rings is 1. The number of rotatable bonds is 3. The van der Waals surface area contributed by atoms with E-state index in [-0.39, 0.29) is 5.91 Å². The summed E-state index contributed by atoms with van der Waals surface area (Å²) in [5, 5.41) is 3.63. The normalized spacial score (nSPS) is 28.4. The minimum absolute atomic E-state index is 0.231. The molecule has 1 amide bonds. The fraction of sp³-hybridized carbons (Fsp3) is 0.562. The predicted molar refractivity (Wildman–Crippen MR) is 83.6 cm³/mol. The van der Waals surface area contributed by atoms with Crippen LogP contribution in [0.5, 0.6) is 0 Å². The number of fused-ring (bicyclic) bond motifs is 2. The highest BCUT2D eigenvalue weighted by Crippen LogP contribution is 2.29. The second-order valence-electron chi connectivity index (χ2n) is 6.07. The molecule has 1 aromatic carbocycles. The van der Waals surface area contributed by atoms with Crippen molar-refractivity contribution in [2.75, 3.05) is 7.05 Å². The van der Waals surface area contributed by atoms with E-state index in [2.05, 4.69) is 21.2 Å². The number of piperidine rings is 1. The maximum atomic E-state index is 12.4. The Balaban J connectivity index is 1.62. The second-order valence-corrected chi connectivity index (χ2v) is 6.99. The monoisotopic (exact) mass is 336 g/mol. The summed E-state index contributed by atoms with van der Waals surface area (Å²) in [5.41, 5.74) is 1.08. The van der Waals surface area contributed by atoms with Crippen LogP contribution in [0.15, 0.2) is 28.7 Å². The van der Waals surface area contributed by atoms with Gasteiger partial charge in [-0.3, -0.25) is 4.79 Å². The van der Waals surface area contributed by atoms with Gasteiger partial charge in [0.1, 0.15) is 0 Å². The molecule has 20 heavy (non-hydrogen) atoms. The maximum Gasteiger partial charge on any atom is 0.226 e. The Morgan fingerprint density at radius 1 is 1.35 bits per heavy atom. The van der Waals surface area contributed by atoms with E-state index < -0.39 is 0 Å². The van der Waals surface area contributed by atoms with Gasteiger partial charge in [0.05, 0.1) is 6.42 Å². The van der Waals surface area contributed by atoms with Crippen LogP contribution < -0.4 is 5.32 Å². The van der Waals surface area contributed by atoms with Crippen LogP contribution in [0.4, 0.5) is 0 Å². The van der Waals surface area contributed by atoms with Gasteiger partial charge in [-0.25, -0.2) is 0 Å². The first-order valence-corrected chi connectivity index (χ1v) is 8.17. The third-order valence-electron chi connectivity index (χ3n) is 4.63. The van der Waals surface area contributed by atoms with Gasteiger partial charge < -0.3 is 10.2 Å². The number of halogens is 1. The van der Waals surface area contributed by atoms with Crippen LogP contribution in [0.2, 0.25) is 0 Å². The van der Waals surface area contributed by atoms with Crippen LogP contribution in [0, 0.1) is 0 Å². The average Bonchev–Trinajstić information content (AvgIpc) is 2.76. The van der Waals surface area contributed by atoms with Crippen molar-refractivity contribution >= 4 is 21.8 Å². The summed E-state index contributed by atoms with van der Waals surface area (Å²) in [5.74, 6) is 0.231. The van der Waals surface area contributed by atoms with Crippen molar-refractivity contribution in [1.29, 1.82) is 0 Å². The predicted octanol–water partition coefficient (Wildman–Crippen LogP) is 2.73. The van der Waals surface area contributed by atoms with Crippen LogP contribution in [0.25, 0.3) is 0 Å². The minimum Gasteiger partial charge on any atom is -0.342 e. The number of likely N-dealkylation sites (N-methyl/N-ethyl adjacent to an activating group) is 1. The van der Waals surface area contributed by atoms with Crippen LogP contribution in [0.1, 0.15) is 31.2 Å². The standard InChI is InChI=1S/C16H21BrN2O/c1-19(15-9-13-5-6-14(10-15)18-13)16(20)8-11-3-2-4-12(17)7-11/h2-4,7,13-15,18H,5-6,8-10H2,1H3/t13-,14+,15?. The Morgan fingerprint density at radius 3 is 2.70 bits per heavy atom. The zero-order valence-electron chi connectivity index (χ0n) is 11.8. The van der Waals surface area contributed by atoms with Gasteiger partial charge >= 0.3 is 0 Å². The van der Waals surface area contributed by atoms with Crippen LogP contribution >= 0.6 is 15.9 Å². The van der Waals surface area contributed by atoms with Gasteiger partial charge in [-0.1, -0.05) is 28.1 Å². The SMILES string of the molecule is CN(C(=O)Cc1cccc(Br)c1)C1C[C@H]2CC[C@@H](C1)N2. The van der Waals surface area contributed by atoms with Crippen molar-refractivity contribution in [3.05, 3.63) is 34.3 Å². The Hall–Kier alpha value is -0.870. The lowest BCUT2D eigenvalue weighted by atomic mass is 9.98. The van der Waals surface area contributed by atoms with E-state index in [0.29, 0.717) is 24.5 Å². The number of hydrogen-bond donors (Lipinski definition) is 1. The number of carbonyl (C=O) groups excluding carboxylic acids is 1. The highest BCUT2D eigenvalue weighted by Gasteiger charge is 2.36. The van der Waals surface area contributed by atoms with Crippen molar-refractivity contribution in [3.63, 3.8) is 0 Å². The number of carbonyl (C=O) groups is 1. The van der Waals surface area contributed by atoms with Gasteiger partial charge in [-0.15, -0.1) is 0 Å². The van der Waals surface area contributed by atoms with Crippen molar-refractivity contribution in [1.82, 2.24) is 10.2 Å². The summed E-state index contributed by atoms with van der Waals surface area (Å²) in [6.45, 7) is 0. The molecule has 2 heterocycles. The molecule has 108 valence electrons. The Labute approximate surface area is 128 Å². The molecule has 0 saturated carbocycles. The number of amides is 1. The highest BCUT2D eigenvalue weighted by molar-refractivity contribution is 9.10.